The molecule has 2 rings (SSSR count). The Bertz CT molecular complexity index is 706. The second kappa shape index (κ2) is 6.04. The molecule has 1 heterocycles. The van der Waals surface area contributed by atoms with Crippen molar-refractivity contribution in [3.05, 3.63) is 44.2 Å². The summed E-state index contributed by atoms with van der Waals surface area (Å²) in [5, 5.41) is 13.8. The number of rotatable bonds is 4. The smallest absolute Gasteiger partial charge is 0.272 e. The quantitative estimate of drug-likeness (QED) is 0.667. The second-order valence-electron chi connectivity index (χ2n) is 4.35. The van der Waals surface area contributed by atoms with Gasteiger partial charge in [-0.15, -0.1) is 0 Å². The molecule has 1 aromatic carbocycles. The molecule has 1 N–H and O–H groups in total. The molecule has 8 heteroatoms. The van der Waals surface area contributed by atoms with Crippen LogP contribution < -0.4 is 10.1 Å². The lowest BCUT2D eigenvalue weighted by Crippen LogP contribution is -1.99. The van der Waals surface area contributed by atoms with Crippen LogP contribution in [0.4, 0.5) is 11.5 Å². The molecule has 0 fully saturated rings. The van der Waals surface area contributed by atoms with Crippen LogP contribution in [0.15, 0.2) is 22.9 Å². The molecule has 7 nitrogen and oxygen atoms in total. The first-order valence-electron chi connectivity index (χ1n) is 6.05. The molecular formula is C13H13BrN4O3. The number of hydrogen-bond acceptors (Lipinski definition) is 6. The van der Waals surface area contributed by atoms with E-state index >= 15 is 0 Å². The molecule has 0 aliphatic rings. The van der Waals surface area contributed by atoms with E-state index in [9.17, 15) is 10.1 Å². The number of anilines is 1. The fraction of sp³-hybridized carbons (Fsp3) is 0.231. The molecule has 0 saturated heterocycles. The predicted octanol–water partition coefficient (Wildman–Crippen LogP) is 3.60. The van der Waals surface area contributed by atoms with Gasteiger partial charge in [-0.1, -0.05) is 0 Å². The zero-order valence-corrected chi connectivity index (χ0v) is 13.3. The molecule has 0 aliphatic carbocycles. The molecule has 0 unspecified atom stereocenters. The summed E-state index contributed by atoms with van der Waals surface area (Å²) in [6.07, 6.45) is 1.37. The molecule has 21 heavy (non-hydrogen) atoms. The Morgan fingerprint density at radius 2 is 2.00 bits per heavy atom. The van der Waals surface area contributed by atoms with E-state index in [4.69, 9.17) is 4.74 Å². The van der Waals surface area contributed by atoms with Crippen LogP contribution in [0, 0.1) is 24.0 Å². The van der Waals surface area contributed by atoms with E-state index in [0.717, 1.165) is 0 Å². The van der Waals surface area contributed by atoms with Crippen molar-refractivity contribution in [3.63, 3.8) is 0 Å². The summed E-state index contributed by atoms with van der Waals surface area (Å²) in [6.45, 7) is 3.41. The maximum atomic E-state index is 10.9. The maximum Gasteiger partial charge on any atom is 0.272 e. The van der Waals surface area contributed by atoms with Crippen molar-refractivity contribution in [2.24, 2.45) is 0 Å². The van der Waals surface area contributed by atoms with E-state index in [2.05, 4.69) is 31.2 Å². The number of nitro groups is 1. The third kappa shape index (κ3) is 3.10. The topological polar surface area (TPSA) is 90.2 Å². The zero-order valence-electron chi connectivity index (χ0n) is 11.7. The van der Waals surface area contributed by atoms with E-state index in [1.807, 2.05) is 0 Å². The number of aryl methyl sites for hydroxylation is 2. The summed E-state index contributed by atoms with van der Waals surface area (Å²) in [5.74, 6) is 1.45. The first-order chi connectivity index (χ1) is 9.93. The van der Waals surface area contributed by atoms with Crippen LogP contribution in [0.3, 0.4) is 0 Å². The number of hydrogen-bond donors (Lipinski definition) is 1. The van der Waals surface area contributed by atoms with Gasteiger partial charge in [-0.2, -0.15) is 0 Å². The van der Waals surface area contributed by atoms with Gasteiger partial charge in [0.15, 0.2) is 0 Å². The van der Waals surface area contributed by atoms with E-state index in [-0.39, 0.29) is 5.69 Å². The Labute approximate surface area is 129 Å². The van der Waals surface area contributed by atoms with E-state index in [0.29, 0.717) is 33.0 Å². The summed E-state index contributed by atoms with van der Waals surface area (Å²) < 4.78 is 6.32. The monoisotopic (exact) mass is 352 g/mol. The number of halogens is 1. The number of ether oxygens (including phenoxy) is 1. The molecule has 2 aromatic rings. The fourth-order valence-corrected chi connectivity index (χ4v) is 2.27. The lowest BCUT2D eigenvalue weighted by Gasteiger charge is -2.11. The zero-order chi connectivity index (χ0) is 15.6. The third-order valence-electron chi connectivity index (χ3n) is 2.89. The lowest BCUT2D eigenvalue weighted by molar-refractivity contribution is -0.385. The van der Waals surface area contributed by atoms with E-state index < -0.39 is 4.92 Å². The Hall–Kier alpha value is -2.22. The van der Waals surface area contributed by atoms with Crippen molar-refractivity contribution in [1.29, 1.82) is 0 Å². The van der Waals surface area contributed by atoms with Gasteiger partial charge in [-0.05, 0) is 41.4 Å². The average Bonchev–Trinajstić information content (AvgIpc) is 2.44. The molecule has 0 atom stereocenters. The van der Waals surface area contributed by atoms with Crippen molar-refractivity contribution < 1.29 is 9.66 Å². The third-order valence-corrected chi connectivity index (χ3v) is 3.61. The summed E-state index contributed by atoms with van der Waals surface area (Å²) >= 11 is 3.36. The van der Waals surface area contributed by atoms with Gasteiger partial charge in [0.25, 0.3) is 5.69 Å². The summed E-state index contributed by atoms with van der Waals surface area (Å²) in [7, 11) is 1.73. The number of benzene rings is 1. The van der Waals surface area contributed by atoms with Gasteiger partial charge in [0.1, 0.15) is 22.4 Å². The molecule has 1 aromatic heterocycles. The Kier molecular flexibility index (Phi) is 4.37. The molecular weight excluding hydrogens is 340 g/mol. The molecule has 0 radical (unpaired) electrons. The average molecular weight is 353 g/mol. The van der Waals surface area contributed by atoms with Crippen LogP contribution in [0.25, 0.3) is 0 Å². The molecule has 0 bridgehead atoms. The fourth-order valence-electron chi connectivity index (χ4n) is 1.78. The van der Waals surface area contributed by atoms with Crippen LogP contribution in [-0.2, 0) is 0 Å². The van der Waals surface area contributed by atoms with E-state index in [1.165, 1.54) is 12.4 Å². The van der Waals surface area contributed by atoms with Crippen molar-refractivity contribution in [2.75, 3.05) is 12.4 Å². The van der Waals surface area contributed by atoms with Gasteiger partial charge in [-0.3, -0.25) is 10.1 Å². The van der Waals surface area contributed by atoms with Gasteiger partial charge in [0, 0.05) is 18.7 Å². The summed E-state index contributed by atoms with van der Waals surface area (Å²) in [6, 6.07) is 3.11. The molecule has 0 spiro atoms. The van der Waals surface area contributed by atoms with Crippen LogP contribution in [-0.4, -0.2) is 21.9 Å². The van der Waals surface area contributed by atoms with Crippen molar-refractivity contribution in [2.45, 2.75) is 13.8 Å². The Morgan fingerprint density at radius 3 is 2.62 bits per heavy atom. The predicted molar refractivity (Wildman–Crippen MR) is 81.9 cm³/mol. The van der Waals surface area contributed by atoms with Crippen molar-refractivity contribution in [1.82, 2.24) is 9.97 Å². The minimum atomic E-state index is -0.411. The second-order valence-corrected chi connectivity index (χ2v) is 5.15. The number of nitrogens with zero attached hydrogens (tertiary/aromatic N) is 3. The highest BCUT2D eigenvalue weighted by molar-refractivity contribution is 9.10. The molecule has 0 saturated carbocycles. The summed E-state index contributed by atoms with van der Waals surface area (Å²) in [5.41, 5.74) is 1.25. The van der Waals surface area contributed by atoms with Crippen LogP contribution in [0.1, 0.15) is 11.1 Å². The minimum Gasteiger partial charge on any atom is -0.437 e. The highest BCUT2D eigenvalue weighted by atomic mass is 79.9. The highest BCUT2D eigenvalue weighted by Crippen LogP contribution is 2.35. The van der Waals surface area contributed by atoms with Gasteiger partial charge < -0.3 is 10.1 Å². The van der Waals surface area contributed by atoms with Crippen LogP contribution in [0.5, 0.6) is 11.6 Å². The first-order valence-corrected chi connectivity index (χ1v) is 6.85. The van der Waals surface area contributed by atoms with Gasteiger partial charge in [-0.25, -0.2) is 9.97 Å². The van der Waals surface area contributed by atoms with Crippen LogP contribution in [0.2, 0.25) is 0 Å². The normalized spacial score (nSPS) is 10.3. The van der Waals surface area contributed by atoms with Gasteiger partial charge in [0.2, 0.25) is 5.88 Å². The number of aromatic nitrogens is 2. The molecule has 0 aliphatic heterocycles. The number of nitro benzene ring substituents is 1. The summed E-state index contributed by atoms with van der Waals surface area (Å²) in [4.78, 5) is 18.6. The Morgan fingerprint density at radius 1 is 1.29 bits per heavy atom. The lowest BCUT2D eigenvalue weighted by atomic mass is 10.1. The highest BCUT2D eigenvalue weighted by Gasteiger charge is 2.16. The standard InChI is InChI=1S/C13H13BrN4O3/c1-7-5-10(8(2)4-9(7)18(19)20)21-13-11(14)12(15-3)16-6-17-13/h4-6H,1-3H3,(H,15,16,17). The molecule has 0 amide bonds. The molecule has 110 valence electrons. The Balaban J connectivity index is 2.41. The number of nitrogens with one attached hydrogen (secondary N) is 1. The van der Waals surface area contributed by atoms with E-state index in [1.54, 1.807) is 27.0 Å². The maximum absolute atomic E-state index is 10.9. The van der Waals surface area contributed by atoms with Crippen molar-refractivity contribution >= 4 is 27.4 Å². The largest absolute Gasteiger partial charge is 0.437 e. The van der Waals surface area contributed by atoms with Crippen LogP contribution >= 0.6 is 15.9 Å². The van der Waals surface area contributed by atoms with Gasteiger partial charge >= 0.3 is 0 Å². The first kappa shape index (κ1) is 15.2. The minimum absolute atomic E-state index is 0.0671. The SMILES string of the molecule is CNc1ncnc(Oc2cc(C)c([N+](=O)[O-])cc2C)c1Br. The van der Waals surface area contributed by atoms with Crippen molar-refractivity contribution in [3.8, 4) is 11.6 Å². The van der Waals surface area contributed by atoms with Gasteiger partial charge in [0.05, 0.1) is 4.92 Å².